The Morgan fingerprint density at radius 2 is 2.17 bits per heavy atom. The summed E-state index contributed by atoms with van der Waals surface area (Å²) in [5.41, 5.74) is 0.271. The van der Waals surface area contributed by atoms with E-state index in [9.17, 15) is 13.6 Å². The van der Waals surface area contributed by atoms with Crippen LogP contribution in [0.1, 0.15) is 17.9 Å². The molecular weight excluding hydrogens is 260 g/mol. The largest absolute Gasteiger partial charge is 0.395 e. The second-order valence-electron chi connectivity index (χ2n) is 4.05. The Balaban J connectivity index is 2.33. The first-order valence-electron chi connectivity index (χ1n) is 5.56. The molecule has 0 unspecified atom stereocenters. The monoisotopic (exact) mass is 273 g/mol. The molecule has 1 aliphatic heterocycles. The first-order chi connectivity index (χ1) is 8.54. The molecule has 2 rings (SSSR count). The number of carbonyl (C=O) groups is 1. The van der Waals surface area contributed by atoms with Crippen LogP contribution in [0.4, 0.5) is 8.78 Å². The van der Waals surface area contributed by atoms with Gasteiger partial charge in [0.05, 0.1) is 11.9 Å². The molecule has 0 radical (unpaired) electrons. The van der Waals surface area contributed by atoms with Crippen molar-refractivity contribution < 1.29 is 18.7 Å². The quantitative estimate of drug-likeness (QED) is 0.914. The molecule has 0 aliphatic carbocycles. The Morgan fingerprint density at radius 1 is 1.44 bits per heavy atom. The third kappa shape index (κ3) is 2.35. The predicted molar refractivity (Wildman–Crippen MR) is 65.0 cm³/mol. The maximum atomic E-state index is 13.7. The number of nitrogens with zero attached hydrogens (tertiary/aromatic N) is 1. The highest BCUT2D eigenvalue weighted by atomic mass is 32.2. The Labute approximate surface area is 108 Å². The molecule has 98 valence electrons. The lowest BCUT2D eigenvalue weighted by molar-refractivity contribution is -0.130. The number of β-amino-alcohol motifs (C(OH)–C–C–N with tert-alkyl or cyclic N) is 1. The fraction of sp³-hybridized carbons (Fsp3) is 0.417. The van der Waals surface area contributed by atoms with Crippen LogP contribution < -0.4 is 0 Å². The van der Waals surface area contributed by atoms with E-state index in [4.69, 9.17) is 5.11 Å². The second-order valence-corrected chi connectivity index (χ2v) is 5.48. The molecule has 18 heavy (non-hydrogen) atoms. The van der Waals surface area contributed by atoms with Gasteiger partial charge in [-0.1, -0.05) is 6.07 Å². The molecule has 1 N–H and O–H groups in total. The molecule has 0 spiro atoms. The van der Waals surface area contributed by atoms with Gasteiger partial charge in [0.2, 0.25) is 5.91 Å². The zero-order chi connectivity index (χ0) is 13.3. The minimum Gasteiger partial charge on any atom is -0.395 e. The molecule has 1 amide bonds. The Bertz CT molecular complexity index is 469. The number of benzene rings is 1. The van der Waals surface area contributed by atoms with E-state index in [1.165, 1.54) is 28.8 Å². The third-order valence-electron chi connectivity index (χ3n) is 2.82. The van der Waals surface area contributed by atoms with Gasteiger partial charge in [0.1, 0.15) is 17.0 Å². The van der Waals surface area contributed by atoms with Gasteiger partial charge in [0.15, 0.2) is 0 Å². The lowest BCUT2D eigenvalue weighted by Gasteiger charge is -2.23. The lowest BCUT2D eigenvalue weighted by atomic mass is 10.2. The van der Waals surface area contributed by atoms with Crippen LogP contribution in [0.5, 0.6) is 0 Å². The average Bonchev–Trinajstić information content (AvgIpc) is 2.58. The van der Waals surface area contributed by atoms with Crippen molar-refractivity contribution in [2.75, 3.05) is 13.2 Å². The number of thioether (sulfide) groups is 1. The Morgan fingerprint density at radius 3 is 2.78 bits per heavy atom. The second kappa shape index (κ2) is 5.24. The first-order valence-corrected chi connectivity index (χ1v) is 6.50. The number of aliphatic hydroxyl groups excluding tert-OH is 1. The van der Waals surface area contributed by atoms with E-state index in [2.05, 4.69) is 0 Å². The van der Waals surface area contributed by atoms with Crippen molar-refractivity contribution in [2.45, 2.75) is 17.5 Å². The van der Waals surface area contributed by atoms with E-state index in [1.807, 2.05) is 0 Å². The summed E-state index contributed by atoms with van der Waals surface area (Å²) in [5, 5.41) is 8.17. The Kier molecular flexibility index (Phi) is 3.87. The molecule has 1 aromatic rings. The highest BCUT2D eigenvalue weighted by Crippen LogP contribution is 2.43. The number of amides is 1. The molecule has 0 bridgehead atoms. The lowest BCUT2D eigenvalue weighted by Crippen LogP contribution is -2.33. The molecular formula is C12H13F2NO2S. The molecule has 2 atom stereocenters. The van der Waals surface area contributed by atoms with Crippen LogP contribution in [0.25, 0.3) is 0 Å². The van der Waals surface area contributed by atoms with Crippen molar-refractivity contribution in [1.29, 1.82) is 0 Å². The van der Waals surface area contributed by atoms with Crippen LogP contribution in [0, 0.1) is 11.6 Å². The van der Waals surface area contributed by atoms with Gasteiger partial charge >= 0.3 is 0 Å². The zero-order valence-electron chi connectivity index (χ0n) is 9.77. The van der Waals surface area contributed by atoms with Gasteiger partial charge in [-0.2, -0.15) is 0 Å². The van der Waals surface area contributed by atoms with Crippen molar-refractivity contribution in [3.63, 3.8) is 0 Å². The van der Waals surface area contributed by atoms with Gasteiger partial charge in [-0.3, -0.25) is 4.79 Å². The highest BCUT2D eigenvalue weighted by molar-refractivity contribution is 8.01. The number of hydrogen-bond acceptors (Lipinski definition) is 3. The fourth-order valence-corrected chi connectivity index (χ4v) is 3.28. The van der Waals surface area contributed by atoms with E-state index in [0.717, 1.165) is 6.07 Å². The van der Waals surface area contributed by atoms with Crippen LogP contribution >= 0.6 is 11.8 Å². The van der Waals surface area contributed by atoms with Crippen molar-refractivity contribution in [3.05, 3.63) is 35.4 Å². The minimum atomic E-state index is -0.669. The summed E-state index contributed by atoms with van der Waals surface area (Å²) in [5.74, 6) is -1.45. The molecule has 1 heterocycles. The number of rotatable bonds is 3. The zero-order valence-corrected chi connectivity index (χ0v) is 10.6. The summed E-state index contributed by atoms with van der Waals surface area (Å²) in [6, 6.07) is 3.32. The highest BCUT2D eigenvalue weighted by Gasteiger charge is 2.39. The molecule has 1 fully saturated rings. The standard InChI is InChI=1S/C12H13F2NO2S/c1-7-11(17)15(4-5-16)12(18-7)9-3-2-8(13)6-10(9)14/h2-3,6-7,12,16H,4-5H2,1H3/t7-,12-/m0/s1. The van der Waals surface area contributed by atoms with Crippen LogP contribution in [-0.2, 0) is 4.79 Å². The van der Waals surface area contributed by atoms with E-state index < -0.39 is 17.0 Å². The SMILES string of the molecule is C[C@@H]1S[C@@H](c2ccc(F)cc2F)N(CCO)C1=O. The van der Waals surface area contributed by atoms with Gasteiger partial charge < -0.3 is 10.0 Å². The third-order valence-corrected chi connectivity index (χ3v) is 4.19. The molecule has 0 aromatic heterocycles. The van der Waals surface area contributed by atoms with Crippen LogP contribution in [-0.4, -0.2) is 34.3 Å². The number of carbonyl (C=O) groups excluding carboxylic acids is 1. The Hall–Kier alpha value is -1.14. The molecule has 3 nitrogen and oxygen atoms in total. The molecule has 1 aromatic carbocycles. The maximum absolute atomic E-state index is 13.7. The number of hydrogen-bond donors (Lipinski definition) is 1. The van der Waals surface area contributed by atoms with Crippen molar-refractivity contribution in [2.24, 2.45) is 0 Å². The van der Waals surface area contributed by atoms with Gasteiger partial charge in [0, 0.05) is 18.2 Å². The topological polar surface area (TPSA) is 40.5 Å². The summed E-state index contributed by atoms with van der Waals surface area (Å²) < 4.78 is 26.6. The molecule has 0 saturated carbocycles. The summed E-state index contributed by atoms with van der Waals surface area (Å²) >= 11 is 1.30. The fourth-order valence-electron chi connectivity index (χ4n) is 1.95. The van der Waals surface area contributed by atoms with Gasteiger partial charge in [-0.15, -0.1) is 11.8 Å². The van der Waals surface area contributed by atoms with E-state index in [-0.39, 0.29) is 29.9 Å². The number of aliphatic hydroxyl groups is 1. The average molecular weight is 273 g/mol. The van der Waals surface area contributed by atoms with Crippen molar-refractivity contribution >= 4 is 17.7 Å². The summed E-state index contributed by atoms with van der Waals surface area (Å²) in [4.78, 5) is 13.3. The first kappa shape index (κ1) is 13.3. The van der Waals surface area contributed by atoms with E-state index in [1.54, 1.807) is 6.92 Å². The summed E-state index contributed by atoms with van der Waals surface area (Å²) in [6.07, 6.45) is 0. The van der Waals surface area contributed by atoms with Crippen LogP contribution in [0.15, 0.2) is 18.2 Å². The maximum Gasteiger partial charge on any atom is 0.236 e. The normalized spacial score (nSPS) is 23.8. The molecule has 6 heteroatoms. The summed E-state index contributed by atoms with van der Waals surface area (Å²) in [6.45, 7) is 1.70. The van der Waals surface area contributed by atoms with E-state index in [0.29, 0.717) is 0 Å². The number of halogens is 2. The van der Waals surface area contributed by atoms with Gasteiger partial charge in [-0.25, -0.2) is 8.78 Å². The van der Waals surface area contributed by atoms with Crippen molar-refractivity contribution in [3.8, 4) is 0 Å². The van der Waals surface area contributed by atoms with Gasteiger partial charge in [0.25, 0.3) is 0 Å². The minimum absolute atomic E-state index is 0.136. The van der Waals surface area contributed by atoms with E-state index >= 15 is 0 Å². The van der Waals surface area contributed by atoms with Gasteiger partial charge in [-0.05, 0) is 13.0 Å². The van der Waals surface area contributed by atoms with Crippen molar-refractivity contribution in [1.82, 2.24) is 4.90 Å². The smallest absolute Gasteiger partial charge is 0.236 e. The van der Waals surface area contributed by atoms with Crippen LogP contribution in [0.3, 0.4) is 0 Å². The molecule has 1 saturated heterocycles. The summed E-state index contributed by atoms with van der Waals surface area (Å²) in [7, 11) is 0. The van der Waals surface area contributed by atoms with Crippen LogP contribution in [0.2, 0.25) is 0 Å². The predicted octanol–water partition coefficient (Wildman–Crippen LogP) is 1.92. The molecule has 1 aliphatic rings.